The number of thioether (sulfide) groups is 1. The number of hydrogen-bond donors (Lipinski definition) is 0. The molecule has 1 aliphatic heterocycles. The second kappa shape index (κ2) is 12.4. The van der Waals surface area contributed by atoms with E-state index >= 15 is 0 Å². The average Bonchev–Trinajstić information content (AvgIpc) is 3.24. The molecule has 0 atom stereocenters. The Morgan fingerprint density at radius 1 is 1.09 bits per heavy atom. The van der Waals surface area contributed by atoms with Gasteiger partial charge in [0.05, 0.1) is 23.4 Å². The van der Waals surface area contributed by atoms with Crippen molar-refractivity contribution < 1.29 is 9.53 Å². The van der Waals surface area contributed by atoms with E-state index in [1.807, 2.05) is 47.4 Å². The summed E-state index contributed by atoms with van der Waals surface area (Å²) in [5.41, 5.74) is 0.878. The van der Waals surface area contributed by atoms with Crippen LogP contribution in [-0.2, 0) is 9.53 Å². The summed E-state index contributed by atoms with van der Waals surface area (Å²) < 4.78 is 6.44. The van der Waals surface area contributed by atoms with Crippen LogP contribution in [0.2, 0.25) is 10.0 Å². The number of aromatic nitrogens is 1. The number of carbonyl (C=O) groups is 1. The van der Waals surface area contributed by atoms with Gasteiger partial charge in [-0.15, -0.1) is 11.8 Å². The highest BCUT2D eigenvalue weighted by molar-refractivity contribution is 7.99. The molecule has 1 aliphatic rings. The molecule has 1 fully saturated rings. The van der Waals surface area contributed by atoms with Crippen molar-refractivity contribution >= 4 is 67.6 Å². The molecule has 0 N–H and O–H groups in total. The van der Waals surface area contributed by atoms with Crippen molar-refractivity contribution in [1.29, 1.82) is 0 Å². The Morgan fingerprint density at radius 2 is 1.85 bits per heavy atom. The summed E-state index contributed by atoms with van der Waals surface area (Å²) >= 11 is 15.4. The first-order valence-electron chi connectivity index (χ1n) is 11.1. The Kier molecular flexibility index (Phi) is 9.29. The van der Waals surface area contributed by atoms with Gasteiger partial charge in [0.25, 0.3) is 0 Å². The maximum atomic E-state index is 13.2. The Balaban J connectivity index is 1.36. The maximum Gasteiger partial charge on any atom is 0.228 e. The highest BCUT2D eigenvalue weighted by Gasteiger charge is 2.20. The highest BCUT2D eigenvalue weighted by atomic mass is 35.5. The van der Waals surface area contributed by atoms with Crippen molar-refractivity contribution in [2.75, 3.05) is 50.0 Å². The third-order valence-corrected chi connectivity index (χ3v) is 8.07. The van der Waals surface area contributed by atoms with Gasteiger partial charge in [0, 0.05) is 47.5 Å². The van der Waals surface area contributed by atoms with Crippen LogP contribution in [0.4, 0.5) is 5.13 Å². The number of halogens is 2. The Bertz CT molecular complexity index is 1060. The lowest BCUT2D eigenvalue weighted by Gasteiger charge is -2.27. The first kappa shape index (κ1) is 24.8. The molecule has 0 aliphatic carbocycles. The van der Waals surface area contributed by atoms with E-state index in [9.17, 15) is 4.79 Å². The normalized spacial score (nSPS) is 14.6. The third-order valence-electron chi connectivity index (χ3n) is 5.45. The first-order valence-corrected chi connectivity index (χ1v) is 13.7. The van der Waals surface area contributed by atoms with Crippen LogP contribution in [-0.4, -0.2) is 60.9 Å². The predicted octanol–water partition coefficient (Wildman–Crippen LogP) is 6.23. The van der Waals surface area contributed by atoms with Gasteiger partial charge in [-0.1, -0.05) is 34.5 Å². The molecular weight excluding hydrogens is 497 g/mol. The molecule has 0 spiro atoms. The zero-order valence-electron chi connectivity index (χ0n) is 18.3. The van der Waals surface area contributed by atoms with E-state index in [1.165, 1.54) is 11.3 Å². The van der Waals surface area contributed by atoms with Gasteiger partial charge < -0.3 is 4.74 Å². The molecule has 176 valence electrons. The van der Waals surface area contributed by atoms with Gasteiger partial charge in [0.2, 0.25) is 5.91 Å². The zero-order chi connectivity index (χ0) is 23.0. The third kappa shape index (κ3) is 7.31. The lowest BCUT2D eigenvalue weighted by Crippen LogP contribution is -2.39. The van der Waals surface area contributed by atoms with Gasteiger partial charge in [0.15, 0.2) is 5.13 Å². The lowest BCUT2D eigenvalue weighted by molar-refractivity contribution is -0.118. The van der Waals surface area contributed by atoms with Crippen molar-refractivity contribution in [1.82, 2.24) is 9.88 Å². The van der Waals surface area contributed by atoms with Crippen molar-refractivity contribution in [2.24, 2.45) is 0 Å². The maximum absolute atomic E-state index is 13.2. The SMILES string of the molecule is O=C(CCCSc1ccc(Cl)cc1)N(CCCN1CCOCC1)c1nc2ccc(Cl)cc2s1. The molecule has 0 bridgehead atoms. The molecule has 2 aromatic carbocycles. The fourth-order valence-electron chi connectivity index (χ4n) is 3.69. The van der Waals surface area contributed by atoms with Crippen molar-refractivity contribution in [2.45, 2.75) is 24.2 Å². The summed E-state index contributed by atoms with van der Waals surface area (Å²) in [7, 11) is 0. The van der Waals surface area contributed by atoms with E-state index in [0.717, 1.165) is 76.7 Å². The molecule has 0 radical (unpaired) electrons. The molecule has 0 saturated carbocycles. The monoisotopic (exact) mass is 523 g/mol. The molecule has 2 heterocycles. The number of nitrogens with zero attached hydrogens (tertiary/aromatic N) is 3. The number of thiazole rings is 1. The number of rotatable bonds is 10. The number of morpholine rings is 1. The van der Waals surface area contributed by atoms with Gasteiger partial charge in [0.1, 0.15) is 0 Å². The van der Waals surface area contributed by atoms with Crippen molar-refractivity contribution in [3.05, 3.63) is 52.5 Å². The number of ether oxygens (including phenoxy) is 1. The molecule has 1 amide bonds. The number of fused-ring (bicyclic) bond motifs is 1. The fourth-order valence-corrected chi connectivity index (χ4v) is 5.95. The van der Waals surface area contributed by atoms with Gasteiger partial charge >= 0.3 is 0 Å². The standard InChI is InChI=1S/C24H27Cl2N3O2S2/c25-18-4-7-20(8-5-18)32-16-1-3-23(30)29(11-2-10-28-12-14-31-15-13-28)24-27-21-9-6-19(26)17-22(21)33-24/h4-9,17H,1-3,10-16H2. The molecule has 1 aromatic heterocycles. The van der Waals surface area contributed by atoms with E-state index in [0.29, 0.717) is 18.0 Å². The minimum Gasteiger partial charge on any atom is -0.379 e. The van der Waals surface area contributed by atoms with Crippen LogP contribution >= 0.6 is 46.3 Å². The van der Waals surface area contributed by atoms with Gasteiger partial charge in [-0.05, 0) is 61.1 Å². The van der Waals surface area contributed by atoms with Crippen molar-refractivity contribution in [3.8, 4) is 0 Å². The molecule has 9 heteroatoms. The topological polar surface area (TPSA) is 45.7 Å². The molecule has 1 saturated heterocycles. The average molecular weight is 525 g/mol. The molecule has 3 aromatic rings. The Morgan fingerprint density at radius 3 is 2.64 bits per heavy atom. The van der Waals surface area contributed by atoms with Crippen LogP contribution in [0.3, 0.4) is 0 Å². The molecule has 0 unspecified atom stereocenters. The summed E-state index contributed by atoms with van der Waals surface area (Å²) in [5.74, 6) is 1.00. The van der Waals surface area contributed by atoms with Crippen LogP contribution in [0.5, 0.6) is 0 Å². The number of carbonyl (C=O) groups excluding carboxylic acids is 1. The van der Waals surface area contributed by atoms with E-state index in [1.54, 1.807) is 11.8 Å². The first-order chi connectivity index (χ1) is 16.1. The van der Waals surface area contributed by atoms with Crippen LogP contribution < -0.4 is 4.90 Å². The van der Waals surface area contributed by atoms with Gasteiger partial charge in [-0.2, -0.15) is 0 Å². The number of amides is 1. The number of benzene rings is 2. The summed E-state index contributed by atoms with van der Waals surface area (Å²) in [6, 6.07) is 13.5. The smallest absolute Gasteiger partial charge is 0.228 e. The van der Waals surface area contributed by atoms with Crippen LogP contribution in [0.15, 0.2) is 47.4 Å². The Hall–Kier alpha value is -1.35. The quantitative estimate of drug-likeness (QED) is 0.232. The Labute approximate surface area is 213 Å². The molecule has 5 nitrogen and oxygen atoms in total. The molecule has 4 rings (SSSR count). The van der Waals surface area contributed by atoms with E-state index in [4.69, 9.17) is 32.9 Å². The minimum absolute atomic E-state index is 0.124. The summed E-state index contributed by atoms with van der Waals surface area (Å²) in [6.45, 7) is 5.09. The fraction of sp³-hybridized carbons (Fsp3) is 0.417. The largest absolute Gasteiger partial charge is 0.379 e. The van der Waals surface area contributed by atoms with Crippen molar-refractivity contribution in [3.63, 3.8) is 0 Å². The lowest BCUT2D eigenvalue weighted by atomic mass is 10.2. The second-order valence-corrected chi connectivity index (χ2v) is 10.9. The number of anilines is 1. The van der Waals surface area contributed by atoms with Crippen LogP contribution in [0.1, 0.15) is 19.3 Å². The minimum atomic E-state index is 0.124. The van der Waals surface area contributed by atoms with Gasteiger partial charge in [-0.3, -0.25) is 14.6 Å². The second-order valence-electron chi connectivity index (χ2n) is 7.87. The summed E-state index contributed by atoms with van der Waals surface area (Å²) in [4.78, 5) is 23.4. The summed E-state index contributed by atoms with van der Waals surface area (Å²) in [5, 5.41) is 2.17. The van der Waals surface area contributed by atoms with Gasteiger partial charge in [-0.25, -0.2) is 4.98 Å². The highest BCUT2D eigenvalue weighted by Crippen LogP contribution is 2.31. The van der Waals surface area contributed by atoms with E-state index in [2.05, 4.69) is 4.90 Å². The molecule has 33 heavy (non-hydrogen) atoms. The molecular formula is C24H27Cl2N3O2S2. The number of hydrogen-bond acceptors (Lipinski definition) is 6. The summed E-state index contributed by atoms with van der Waals surface area (Å²) in [6.07, 6.45) is 2.21. The zero-order valence-corrected chi connectivity index (χ0v) is 21.5. The predicted molar refractivity (Wildman–Crippen MR) is 140 cm³/mol. The van der Waals surface area contributed by atoms with E-state index in [-0.39, 0.29) is 5.91 Å². The van der Waals surface area contributed by atoms with Crippen LogP contribution in [0.25, 0.3) is 10.2 Å². The van der Waals surface area contributed by atoms with E-state index < -0.39 is 0 Å². The van der Waals surface area contributed by atoms with Crippen LogP contribution in [0, 0.1) is 0 Å².